The largest absolute Gasteiger partial charge is 0.495 e. The molecule has 2 rings (SSSR count). The highest BCUT2D eigenvalue weighted by atomic mass is 32.2. The van der Waals surface area contributed by atoms with Gasteiger partial charge in [-0.25, -0.2) is 17.2 Å². The van der Waals surface area contributed by atoms with Crippen LogP contribution in [0.1, 0.15) is 0 Å². The van der Waals surface area contributed by atoms with Crippen LogP contribution in [0.5, 0.6) is 5.75 Å². The van der Waals surface area contributed by atoms with Crippen molar-refractivity contribution in [1.82, 2.24) is 0 Å². The van der Waals surface area contributed by atoms with Gasteiger partial charge in [-0.15, -0.1) is 0 Å². The number of ether oxygens (including phenoxy) is 1. The highest BCUT2D eigenvalue weighted by Crippen LogP contribution is 2.33. The van der Waals surface area contributed by atoms with Gasteiger partial charge in [0, 0.05) is 19.2 Å². The van der Waals surface area contributed by atoms with Gasteiger partial charge in [0.15, 0.2) is 0 Å². The van der Waals surface area contributed by atoms with E-state index in [1.165, 1.54) is 0 Å². The molecule has 0 aliphatic heterocycles. The summed E-state index contributed by atoms with van der Waals surface area (Å²) in [5.41, 5.74) is -0.874. The van der Waals surface area contributed by atoms with Crippen LogP contribution in [-0.4, -0.2) is 27.5 Å². The maximum absolute atomic E-state index is 13.8. The molecule has 0 fully saturated rings. The predicted octanol–water partition coefficient (Wildman–Crippen LogP) is 2.71. The Morgan fingerprint density at radius 2 is 1.83 bits per heavy atom. The SMILES string of the molecule is COc1cc([N+](=O)[O-])ccc1S(=O)(=O)N(C)c1cc(F)ccc1F. The van der Waals surface area contributed by atoms with Crippen molar-refractivity contribution in [3.05, 3.63) is 58.1 Å². The Balaban J connectivity index is 2.58. The Morgan fingerprint density at radius 3 is 2.42 bits per heavy atom. The van der Waals surface area contributed by atoms with E-state index in [0.29, 0.717) is 4.31 Å². The van der Waals surface area contributed by atoms with Gasteiger partial charge < -0.3 is 4.74 Å². The van der Waals surface area contributed by atoms with Crippen molar-refractivity contribution in [2.75, 3.05) is 18.5 Å². The van der Waals surface area contributed by atoms with Crippen LogP contribution < -0.4 is 9.04 Å². The van der Waals surface area contributed by atoms with Crippen LogP contribution in [0.4, 0.5) is 20.2 Å². The van der Waals surface area contributed by atoms with E-state index in [2.05, 4.69) is 0 Å². The standard InChI is InChI=1S/C14H12F2N2O5S/c1-17(12-7-9(15)3-5-11(12)16)24(21,22)14-6-4-10(18(19)20)8-13(14)23-2/h3-8H,1-2H3. The van der Waals surface area contributed by atoms with Crippen molar-refractivity contribution in [2.45, 2.75) is 4.90 Å². The molecule has 0 amide bonds. The Hall–Kier alpha value is -2.75. The van der Waals surface area contributed by atoms with Crippen molar-refractivity contribution in [3.8, 4) is 5.75 Å². The number of nitrogens with zero attached hydrogens (tertiary/aromatic N) is 2. The number of non-ortho nitro benzene ring substituents is 1. The highest BCUT2D eigenvalue weighted by Gasteiger charge is 2.28. The quantitative estimate of drug-likeness (QED) is 0.605. The summed E-state index contributed by atoms with van der Waals surface area (Å²) in [5.74, 6) is -2.04. The number of hydrogen-bond acceptors (Lipinski definition) is 5. The molecule has 0 aromatic heterocycles. The summed E-state index contributed by atoms with van der Waals surface area (Å²) in [6.45, 7) is 0. The fourth-order valence-corrected chi connectivity index (χ4v) is 3.32. The van der Waals surface area contributed by atoms with E-state index in [1.54, 1.807) is 0 Å². The number of nitro benzene ring substituents is 1. The summed E-state index contributed by atoms with van der Waals surface area (Å²) in [4.78, 5) is 9.64. The monoisotopic (exact) mass is 358 g/mol. The van der Waals surface area contributed by atoms with Crippen molar-refractivity contribution in [3.63, 3.8) is 0 Å². The first-order valence-electron chi connectivity index (χ1n) is 6.45. The van der Waals surface area contributed by atoms with Gasteiger partial charge in [-0.3, -0.25) is 14.4 Å². The zero-order chi connectivity index (χ0) is 18.1. The third-order valence-electron chi connectivity index (χ3n) is 3.24. The minimum atomic E-state index is -4.34. The molecule has 0 unspecified atom stereocenters. The number of nitro groups is 1. The summed E-state index contributed by atoms with van der Waals surface area (Å²) in [6, 6.07) is 5.26. The molecule has 0 radical (unpaired) electrons. The van der Waals surface area contributed by atoms with Crippen molar-refractivity contribution in [1.29, 1.82) is 0 Å². The van der Waals surface area contributed by atoms with Crippen LogP contribution in [0, 0.1) is 21.7 Å². The number of anilines is 1. The van der Waals surface area contributed by atoms with E-state index in [-0.39, 0.29) is 11.4 Å². The zero-order valence-corrected chi connectivity index (χ0v) is 13.4. The second-order valence-electron chi connectivity index (χ2n) is 4.66. The average molecular weight is 358 g/mol. The van der Waals surface area contributed by atoms with E-state index in [4.69, 9.17) is 4.74 Å². The van der Waals surface area contributed by atoms with Crippen molar-refractivity contribution >= 4 is 21.4 Å². The summed E-state index contributed by atoms with van der Waals surface area (Å²) >= 11 is 0. The topological polar surface area (TPSA) is 89.7 Å². The Kier molecular flexibility index (Phi) is 4.69. The Bertz CT molecular complexity index is 902. The van der Waals surface area contributed by atoms with E-state index in [0.717, 1.165) is 50.6 Å². The molecule has 2 aromatic rings. The van der Waals surface area contributed by atoms with Gasteiger partial charge in [0.25, 0.3) is 15.7 Å². The van der Waals surface area contributed by atoms with Gasteiger partial charge in [0.2, 0.25) is 0 Å². The molecule has 10 heteroatoms. The smallest absolute Gasteiger partial charge is 0.273 e. The van der Waals surface area contributed by atoms with E-state index < -0.39 is 37.2 Å². The highest BCUT2D eigenvalue weighted by molar-refractivity contribution is 7.92. The summed E-state index contributed by atoms with van der Waals surface area (Å²) in [6.07, 6.45) is 0. The van der Waals surface area contributed by atoms with Gasteiger partial charge in [0.05, 0.1) is 23.8 Å². The lowest BCUT2D eigenvalue weighted by atomic mass is 10.3. The molecule has 2 aromatic carbocycles. The zero-order valence-electron chi connectivity index (χ0n) is 12.6. The first kappa shape index (κ1) is 17.6. The molecule has 24 heavy (non-hydrogen) atoms. The van der Waals surface area contributed by atoms with Gasteiger partial charge >= 0.3 is 0 Å². The number of rotatable bonds is 5. The van der Waals surface area contributed by atoms with Crippen LogP contribution in [0.25, 0.3) is 0 Å². The first-order chi connectivity index (χ1) is 11.2. The Labute approximate surface area is 136 Å². The fraction of sp³-hybridized carbons (Fsp3) is 0.143. The van der Waals surface area contributed by atoms with E-state index >= 15 is 0 Å². The molecule has 0 atom stereocenters. The minimum Gasteiger partial charge on any atom is -0.495 e. The number of benzene rings is 2. The number of halogens is 2. The summed E-state index contributed by atoms with van der Waals surface area (Å²) in [7, 11) is -2.16. The number of methoxy groups -OCH3 is 1. The molecule has 0 spiro atoms. The lowest BCUT2D eigenvalue weighted by Gasteiger charge is -2.21. The summed E-state index contributed by atoms with van der Waals surface area (Å²) in [5, 5.41) is 10.8. The average Bonchev–Trinajstić information content (AvgIpc) is 2.55. The molecule has 0 aliphatic rings. The lowest BCUT2D eigenvalue weighted by Crippen LogP contribution is -2.28. The van der Waals surface area contributed by atoms with Crippen LogP contribution in [0.3, 0.4) is 0 Å². The van der Waals surface area contributed by atoms with Crippen molar-refractivity contribution in [2.24, 2.45) is 0 Å². The van der Waals surface area contributed by atoms with Crippen molar-refractivity contribution < 1.29 is 26.9 Å². The summed E-state index contributed by atoms with van der Waals surface area (Å²) < 4.78 is 57.8. The molecule has 0 aliphatic carbocycles. The molecule has 0 heterocycles. The maximum atomic E-state index is 13.8. The van der Waals surface area contributed by atoms with Crippen LogP contribution in [-0.2, 0) is 10.0 Å². The van der Waals surface area contributed by atoms with Gasteiger partial charge in [0.1, 0.15) is 22.3 Å². The van der Waals surface area contributed by atoms with Gasteiger partial charge in [-0.2, -0.15) is 0 Å². The van der Waals surface area contributed by atoms with Crippen LogP contribution in [0.2, 0.25) is 0 Å². The normalized spacial score (nSPS) is 11.2. The first-order valence-corrected chi connectivity index (χ1v) is 7.89. The molecular weight excluding hydrogens is 346 g/mol. The molecular formula is C14H12F2N2O5S. The second-order valence-corrected chi connectivity index (χ2v) is 6.60. The molecule has 0 saturated heterocycles. The molecule has 7 nitrogen and oxygen atoms in total. The third kappa shape index (κ3) is 3.13. The minimum absolute atomic E-state index is 0.284. The molecule has 0 bridgehead atoms. The maximum Gasteiger partial charge on any atom is 0.273 e. The van der Waals surface area contributed by atoms with Crippen LogP contribution in [0.15, 0.2) is 41.3 Å². The molecule has 128 valence electrons. The second kappa shape index (κ2) is 6.40. The fourth-order valence-electron chi connectivity index (χ4n) is 1.99. The predicted molar refractivity (Wildman–Crippen MR) is 81.6 cm³/mol. The van der Waals surface area contributed by atoms with Gasteiger partial charge in [-0.1, -0.05) is 0 Å². The number of hydrogen-bond donors (Lipinski definition) is 0. The molecule has 0 N–H and O–H groups in total. The van der Waals surface area contributed by atoms with Gasteiger partial charge in [-0.05, 0) is 18.2 Å². The van der Waals surface area contributed by atoms with E-state index in [9.17, 15) is 27.3 Å². The number of sulfonamides is 1. The molecule has 0 saturated carbocycles. The lowest BCUT2D eigenvalue weighted by molar-refractivity contribution is -0.385. The van der Waals surface area contributed by atoms with Crippen LogP contribution >= 0.6 is 0 Å². The van der Waals surface area contributed by atoms with E-state index in [1.807, 2.05) is 0 Å². The Morgan fingerprint density at radius 1 is 1.17 bits per heavy atom. The third-order valence-corrected chi connectivity index (χ3v) is 5.05.